The van der Waals surface area contributed by atoms with E-state index in [2.05, 4.69) is 23.3 Å². The number of nitrogens with two attached hydrogens (primary N) is 1. The van der Waals surface area contributed by atoms with E-state index in [1.54, 1.807) is 38.1 Å². The number of primary sulfonamides is 1. The van der Waals surface area contributed by atoms with E-state index in [4.69, 9.17) is 21.5 Å². The Hall–Kier alpha value is -2.84. The number of quaternary nitrogens is 1. The maximum absolute atomic E-state index is 13.0. The Labute approximate surface area is 230 Å². The largest absolute Gasteiger partial charge is 0.521 e. The maximum atomic E-state index is 13.0. The van der Waals surface area contributed by atoms with Gasteiger partial charge >= 0.3 is 12.0 Å². The quantitative estimate of drug-likeness (QED) is 0.256. The number of amides is 3. The zero-order chi connectivity index (χ0) is 28.0. The number of hydrogen-bond donors (Lipinski definition) is 5. The third-order valence-corrected chi connectivity index (χ3v) is 8.89. The fraction of sp³-hybridized carbons (Fsp3) is 0.375. The lowest BCUT2D eigenvalue weighted by Crippen LogP contribution is -2.61. The Morgan fingerprint density at radius 2 is 2.00 bits per heavy atom. The van der Waals surface area contributed by atoms with E-state index in [0.29, 0.717) is 23.4 Å². The minimum absolute atomic E-state index is 0.0195. The summed E-state index contributed by atoms with van der Waals surface area (Å²) in [6, 6.07) is 8.83. The van der Waals surface area contributed by atoms with Crippen molar-refractivity contribution in [1.29, 1.82) is 0 Å². The maximum Gasteiger partial charge on any atom is 0.521 e. The van der Waals surface area contributed by atoms with Crippen LogP contribution >= 0.6 is 24.2 Å². The van der Waals surface area contributed by atoms with Crippen LogP contribution in [0.2, 0.25) is 5.02 Å². The lowest BCUT2D eigenvalue weighted by atomic mass is 10.1. The number of carbonyl (C=O) groups excluding carboxylic acids is 2. The molecule has 0 saturated carbocycles. The highest BCUT2D eigenvalue weighted by Crippen LogP contribution is 2.35. The Morgan fingerprint density at radius 3 is 2.63 bits per heavy atom. The molecule has 0 bridgehead atoms. The second-order valence-corrected chi connectivity index (χ2v) is 11.9. The van der Waals surface area contributed by atoms with E-state index >= 15 is 0 Å². The number of nitrogens with zero attached hydrogens (tertiary/aromatic N) is 1. The van der Waals surface area contributed by atoms with Crippen molar-refractivity contribution < 1.29 is 37.1 Å². The van der Waals surface area contributed by atoms with E-state index < -0.39 is 56.6 Å². The molecule has 2 aromatic rings. The van der Waals surface area contributed by atoms with E-state index in [1.165, 1.54) is 6.07 Å². The van der Waals surface area contributed by atoms with E-state index in [0.717, 1.165) is 6.07 Å². The molecule has 5 atom stereocenters. The van der Waals surface area contributed by atoms with Crippen molar-refractivity contribution in [2.45, 2.75) is 43.5 Å². The number of benzene rings is 2. The predicted molar refractivity (Wildman–Crippen MR) is 143 cm³/mol. The number of carbonyl (C=O) groups is 3. The second-order valence-electron chi connectivity index (χ2n) is 9.58. The summed E-state index contributed by atoms with van der Waals surface area (Å²) in [7, 11) is -4.12. The van der Waals surface area contributed by atoms with Crippen molar-refractivity contribution in [3.63, 3.8) is 0 Å². The third kappa shape index (κ3) is 5.08. The van der Waals surface area contributed by atoms with Crippen LogP contribution < -0.4 is 20.5 Å². The topological polar surface area (TPSA) is 165 Å². The molecule has 11 nitrogen and oxygen atoms in total. The Kier molecular flexibility index (Phi) is 7.70. The Balaban J connectivity index is 1.55. The average molecular weight is 584 g/mol. The molecule has 0 aromatic heterocycles. The molecule has 5 N–H and O–H groups in total. The zero-order valence-corrected chi connectivity index (χ0v) is 23.0. The number of carboxylic acid groups (broad SMARTS) is 1. The molecule has 2 aliphatic rings. The highest BCUT2D eigenvalue weighted by atomic mass is 35.5. The molecular formula is C24H28ClN4O7S2+. The summed E-state index contributed by atoms with van der Waals surface area (Å²) in [6.45, 7) is 3.37. The summed E-state index contributed by atoms with van der Waals surface area (Å²) in [4.78, 5) is 37.7. The Bertz CT molecular complexity index is 1420. The first-order valence-corrected chi connectivity index (χ1v) is 14.3. The summed E-state index contributed by atoms with van der Waals surface area (Å²) in [5.74, 6) is -0.787. The summed E-state index contributed by atoms with van der Waals surface area (Å²) in [6.07, 6.45) is -2.08. The number of nitrogens with one attached hydrogen (secondary N) is 2. The number of anilines is 1. The molecule has 2 heterocycles. The number of fused-ring (bicyclic) bond motifs is 1. The fourth-order valence-electron chi connectivity index (χ4n) is 4.97. The van der Waals surface area contributed by atoms with Crippen LogP contribution in [0.1, 0.15) is 42.4 Å². The van der Waals surface area contributed by atoms with Crippen LogP contribution in [0.15, 0.2) is 41.3 Å². The van der Waals surface area contributed by atoms with Gasteiger partial charge in [0.25, 0.3) is 5.91 Å². The van der Waals surface area contributed by atoms with Crippen molar-refractivity contribution in [3.05, 3.63) is 52.5 Å². The SMILES string of the molecule is CC(CS)C(=O)[N@+]1(C(=O)O)C[C@@H](Oc2cccc(C3NC(=O)c4cc(S(N)(=O)=O)c(Cl)cc4N3)c2)CC1C. The highest BCUT2D eigenvalue weighted by Gasteiger charge is 2.58. The molecular weight excluding hydrogens is 556 g/mol. The van der Waals surface area contributed by atoms with Gasteiger partial charge in [-0.25, -0.2) is 18.4 Å². The lowest BCUT2D eigenvalue weighted by Gasteiger charge is -2.31. The molecule has 0 aliphatic carbocycles. The number of imide groups is 1. The first kappa shape index (κ1) is 28.2. The summed E-state index contributed by atoms with van der Waals surface area (Å²) in [5, 5.41) is 20.9. The first-order chi connectivity index (χ1) is 17.8. The molecule has 3 unspecified atom stereocenters. The summed E-state index contributed by atoms with van der Waals surface area (Å²) < 4.78 is 28.9. The predicted octanol–water partition coefficient (Wildman–Crippen LogP) is 2.97. The molecule has 2 aliphatic heterocycles. The zero-order valence-electron chi connectivity index (χ0n) is 20.5. The molecule has 3 amide bonds. The van der Waals surface area contributed by atoms with Crippen LogP contribution in [-0.2, 0) is 14.8 Å². The molecule has 204 valence electrons. The monoisotopic (exact) mass is 583 g/mol. The van der Waals surface area contributed by atoms with Crippen LogP contribution in [0.4, 0.5) is 10.5 Å². The number of hydrogen-bond acceptors (Lipinski definition) is 8. The first-order valence-electron chi connectivity index (χ1n) is 11.7. The van der Waals surface area contributed by atoms with Crippen molar-refractivity contribution >= 4 is 57.8 Å². The van der Waals surface area contributed by atoms with Gasteiger partial charge < -0.3 is 20.5 Å². The molecule has 14 heteroatoms. The number of thiol groups is 1. The van der Waals surface area contributed by atoms with E-state index in [-0.39, 0.29) is 27.8 Å². The number of sulfonamides is 1. The van der Waals surface area contributed by atoms with Gasteiger partial charge in [-0.1, -0.05) is 23.7 Å². The average Bonchev–Trinajstić information content (AvgIpc) is 3.18. The Morgan fingerprint density at radius 1 is 1.29 bits per heavy atom. The molecule has 0 radical (unpaired) electrons. The summed E-state index contributed by atoms with van der Waals surface area (Å²) in [5.41, 5.74) is 1.02. The minimum atomic E-state index is -4.12. The van der Waals surface area contributed by atoms with Crippen molar-refractivity contribution in [1.82, 2.24) is 5.32 Å². The van der Waals surface area contributed by atoms with Gasteiger partial charge in [0.05, 0.1) is 22.2 Å². The molecule has 1 saturated heterocycles. The number of rotatable bonds is 6. The number of halogens is 1. The van der Waals surface area contributed by atoms with Crippen molar-refractivity contribution in [2.24, 2.45) is 11.1 Å². The van der Waals surface area contributed by atoms with Gasteiger partial charge in [-0.3, -0.25) is 4.79 Å². The van der Waals surface area contributed by atoms with Gasteiger partial charge in [0.2, 0.25) is 10.0 Å². The molecule has 1 fully saturated rings. The lowest BCUT2D eigenvalue weighted by molar-refractivity contribution is -0.795. The van der Waals surface area contributed by atoms with Crippen molar-refractivity contribution in [2.75, 3.05) is 17.6 Å². The third-order valence-electron chi connectivity index (χ3n) is 6.97. The summed E-state index contributed by atoms with van der Waals surface area (Å²) >= 11 is 10.3. The van der Waals surface area contributed by atoms with Gasteiger partial charge in [-0.2, -0.15) is 21.9 Å². The molecule has 2 aromatic carbocycles. The second kappa shape index (κ2) is 10.4. The van der Waals surface area contributed by atoms with Crippen LogP contribution in [-0.4, -0.2) is 60.4 Å². The van der Waals surface area contributed by atoms with Gasteiger partial charge in [-0.05, 0) is 43.7 Å². The van der Waals surface area contributed by atoms with Crippen LogP contribution in [0.5, 0.6) is 5.75 Å². The van der Waals surface area contributed by atoms with Crippen LogP contribution in [0.3, 0.4) is 0 Å². The van der Waals surface area contributed by atoms with Gasteiger partial charge in [0, 0.05) is 12.2 Å². The molecule has 0 spiro atoms. The van der Waals surface area contributed by atoms with Gasteiger partial charge in [-0.15, -0.1) is 0 Å². The van der Waals surface area contributed by atoms with Gasteiger partial charge in [0.1, 0.15) is 29.4 Å². The smallest absolute Gasteiger partial charge is 0.484 e. The standard InChI is InChI=1S/C24H27ClN4O7S2/c1-12(11-37)23(31)29(24(32)33)10-16(6-13(29)2)36-15-5-3-4-14(7-15)21-27-19-9-18(25)20(38(26,34)35)8-17(19)22(30)28-21/h3-5,7-9,12-13,16,21,27H,6,10-11H2,1-2H3,(H4-,26,28,30,32,33,34,35,37)/p+1/t12?,13?,16-,21?,29-/m0/s1. The van der Waals surface area contributed by atoms with Crippen LogP contribution in [0, 0.1) is 5.92 Å². The minimum Gasteiger partial charge on any atom is -0.484 e. The normalized spacial score (nSPS) is 25.6. The van der Waals surface area contributed by atoms with Crippen molar-refractivity contribution in [3.8, 4) is 5.75 Å². The number of ether oxygens (including phenoxy) is 1. The van der Waals surface area contributed by atoms with Crippen LogP contribution in [0.25, 0.3) is 0 Å². The highest BCUT2D eigenvalue weighted by molar-refractivity contribution is 7.89. The fourth-order valence-corrected chi connectivity index (χ4v) is 6.22. The molecule has 4 rings (SSSR count). The molecule has 38 heavy (non-hydrogen) atoms. The van der Waals surface area contributed by atoms with E-state index in [9.17, 15) is 27.9 Å². The van der Waals surface area contributed by atoms with E-state index in [1.807, 2.05) is 0 Å². The van der Waals surface area contributed by atoms with Gasteiger partial charge in [0.15, 0.2) is 6.10 Å². The number of likely N-dealkylation sites (tertiary alicyclic amines) is 1.